The van der Waals surface area contributed by atoms with Crippen molar-refractivity contribution in [3.8, 4) is 0 Å². The van der Waals surface area contributed by atoms with Gasteiger partial charge in [-0.05, 0) is 34.5 Å². The molecule has 2 aromatic heterocycles. The zero-order valence-electron chi connectivity index (χ0n) is 8.11. The lowest BCUT2D eigenvalue weighted by atomic mass is 10.3. The normalized spacial score (nSPS) is 10.0. The lowest BCUT2D eigenvalue weighted by Gasteiger charge is -2.07. The van der Waals surface area contributed by atoms with Gasteiger partial charge in [0.2, 0.25) is 0 Å². The van der Waals surface area contributed by atoms with Crippen LogP contribution in [0.2, 0.25) is 0 Å². The summed E-state index contributed by atoms with van der Waals surface area (Å²) in [4.78, 5) is 12.1. The summed E-state index contributed by atoms with van der Waals surface area (Å²) in [7, 11) is 0. The van der Waals surface area contributed by atoms with Crippen LogP contribution in [-0.2, 0) is 0 Å². The number of aryl methyl sites for hydroxylation is 1. The maximum atomic E-state index is 4.26. The van der Waals surface area contributed by atoms with Crippen LogP contribution in [0, 0.1) is 6.92 Å². The Kier molecular flexibility index (Phi) is 2.91. The first-order chi connectivity index (χ1) is 7.25. The van der Waals surface area contributed by atoms with E-state index in [0.717, 1.165) is 21.5 Å². The molecule has 0 unspecified atom stereocenters. The molecule has 2 aromatic rings. The second kappa shape index (κ2) is 4.35. The third-order valence-electron chi connectivity index (χ3n) is 1.87. The van der Waals surface area contributed by atoms with Crippen LogP contribution in [-0.4, -0.2) is 15.0 Å². The van der Waals surface area contributed by atoms with Gasteiger partial charge < -0.3 is 5.32 Å². The van der Waals surface area contributed by atoms with Crippen LogP contribution in [0.5, 0.6) is 0 Å². The molecule has 0 fully saturated rings. The monoisotopic (exact) mass is 264 g/mol. The quantitative estimate of drug-likeness (QED) is 0.906. The molecular weight excluding hydrogens is 256 g/mol. The molecule has 0 aliphatic carbocycles. The second-order valence-corrected chi connectivity index (χ2v) is 3.99. The first-order valence-corrected chi connectivity index (χ1v) is 5.19. The van der Waals surface area contributed by atoms with E-state index < -0.39 is 0 Å². The number of nitrogens with zero attached hydrogens (tertiary/aromatic N) is 3. The Balaban J connectivity index is 2.25. The van der Waals surface area contributed by atoms with E-state index in [1.54, 1.807) is 18.6 Å². The first-order valence-electron chi connectivity index (χ1n) is 4.40. The third-order valence-corrected chi connectivity index (χ3v) is 2.30. The number of hydrogen-bond donors (Lipinski definition) is 1. The highest BCUT2D eigenvalue weighted by Crippen LogP contribution is 2.19. The zero-order valence-corrected chi connectivity index (χ0v) is 9.69. The van der Waals surface area contributed by atoms with Gasteiger partial charge in [-0.3, -0.25) is 0 Å². The Morgan fingerprint density at radius 3 is 2.60 bits per heavy atom. The molecule has 1 N–H and O–H groups in total. The fourth-order valence-electron chi connectivity index (χ4n) is 1.17. The van der Waals surface area contributed by atoms with Crippen LogP contribution in [0.3, 0.4) is 0 Å². The van der Waals surface area contributed by atoms with E-state index in [0.29, 0.717) is 0 Å². The largest absolute Gasteiger partial charge is 0.337 e. The third kappa shape index (κ3) is 2.50. The van der Waals surface area contributed by atoms with Crippen LogP contribution in [0.25, 0.3) is 0 Å². The number of anilines is 2. The van der Waals surface area contributed by atoms with Gasteiger partial charge in [-0.1, -0.05) is 0 Å². The average Bonchev–Trinajstić information content (AvgIpc) is 2.24. The number of rotatable bonds is 2. The fourth-order valence-corrected chi connectivity index (χ4v) is 1.62. The summed E-state index contributed by atoms with van der Waals surface area (Å²) in [6.07, 6.45) is 6.65. The highest BCUT2D eigenvalue weighted by atomic mass is 79.9. The molecule has 0 aromatic carbocycles. The van der Waals surface area contributed by atoms with Gasteiger partial charge in [-0.25, -0.2) is 15.0 Å². The lowest BCUT2D eigenvalue weighted by Crippen LogP contribution is -1.97. The van der Waals surface area contributed by atoms with E-state index in [9.17, 15) is 0 Å². The molecule has 2 rings (SSSR count). The zero-order chi connectivity index (χ0) is 10.7. The van der Waals surface area contributed by atoms with E-state index in [4.69, 9.17) is 0 Å². The molecule has 0 bridgehead atoms. The summed E-state index contributed by atoms with van der Waals surface area (Å²) < 4.78 is 0.967. The molecule has 0 atom stereocenters. The average molecular weight is 265 g/mol. The summed E-state index contributed by atoms with van der Waals surface area (Å²) in [6, 6.07) is 2.00. The summed E-state index contributed by atoms with van der Waals surface area (Å²) in [6.45, 7) is 1.99. The van der Waals surface area contributed by atoms with Gasteiger partial charge in [-0.2, -0.15) is 0 Å². The van der Waals surface area contributed by atoms with Gasteiger partial charge in [0.25, 0.3) is 0 Å². The Morgan fingerprint density at radius 2 is 1.93 bits per heavy atom. The minimum absolute atomic E-state index is 0.813. The summed E-state index contributed by atoms with van der Waals surface area (Å²) >= 11 is 3.37. The SMILES string of the molecule is Cc1cc(Br)cnc1Nc1cncnc1. The number of pyridine rings is 1. The highest BCUT2D eigenvalue weighted by Gasteiger charge is 2.00. The van der Waals surface area contributed by atoms with Crippen molar-refractivity contribution in [2.45, 2.75) is 6.92 Å². The molecule has 0 aliphatic heterocycles. The molecular formula is C10H9BrN4. The molecule has 15 heavy (non-hydrogen) atoms. The smallest absolute Gasteiger partial charge is 0.133 e. The van der Waals surface area contributed by atoms with Gasteiger partial charge in [0, 0.05) is 10.7 Å². The van der Waals surface area contributed by atoms with Crippen LogP contribution in [0.4, 0.5) is 11.5 Å². The molecule has 4 nitrogen and oxygen atoms in total. The van der Waals surface area contributed by atoms with Gasteiger partial charge >= 0.3 is 0 Å². The number of hydrogen-bond acceptors (Lipinski definition) is 4. The van der Waals surface area contributed by atoms with Crippen LogP contribution in [0.1, 0.15) is 5.56 Å². The van der Waals surface area contributed by atoms with Gasteiger partial charge in [0.1, 0.15) is 12.1 Å². The van der Waals surface area contributed by atoms with Crippen molar-refractivity contribution < 1.29 is 0 Å². The molecule has 5 heteroatoms. The first kappa shape index (κ1) is 10.0. The fraction of sp³-hybridized carbons (Fsp3) is 0.100. The molecule has 0 saturated carbocycles. The minimum atomic E-state index is 0.813. The maximum Gasteiger partial charge on any atom is 0.133 e. The van der Waals surface area contributed by atoms with Crippen molar-refractivity contribution in [3.63, 3.8) is 0 Å². The summed E-state index contributed by atoms with van der Waals surface area (Å²) in [5.74, 6) is 0.813. The number of halogens is 1. The second-order valence-electron chi connectivity index (χ2n) is 3.07. The minimum Gasteiger partial charge on any atom is -0.337 e. The van der Waals surface area contributed by atoms with Gasteiger partial charge in [0.05, 0.1) is 18.1 Å². The highest BCUT2D eigenvalue weighted by molar-refractivity contribution is 9.10. The van der Waals surface area contributed by atoms with E-state index in [-0.39, 0.29) is 0 Å². The predicted molar refractivity (Wildman–Crippen MR) is 62.0 cm³/mol. The lowest BCUT2D eigenvalue weighted by molar-refractivity contribution is 1.16. The van der Waals surface area contributed by atoms with Crippen LogP contribution < -0.4 is 5.32 Å². The Morgan fingerprint density at radius 1 is 1.20 bits per heavy atom. The van der Waals surface area contributed by atoms with Crippen molar-refractivity contribution in [3.05, 3.63) is 41.0 Å². The van der Waals surface area contributed by atoms with Crippen molar-refractivity contribution >= 4 is 27.4 Å². The van der Waals surface area contributed by atoms with E-state index in [2.05, 4.69) is 36.2 Å². The van der Waals surface area contributed by atoms with Crippen LogP contribution >= 0.6 is 15.9 Å². The van der Waals surface area contributed by atoms with Gasteiger partial charge in [0.15, 0.2) is 0 Å². The van der Waals surface area contributed by atoms with E-state index >= 15 is 0 Å². The number of aromatic nitrogens is 3. The Labute approximate surface area is 95.9 Å². The standard InChI is InChI=1S/C10H9BrN4/c1-7-2-8(11)3-14-10(7)15-9-4-12-6-13-5-9/h2-6H,1H3,(H,14,15). The van der Waals surface area contributed by atoms with Gasteiger partial charge in [-0.15, -0.1) is 0 Å². The summed E-state index contributed by atoms with van der Waals surface area (Å²) in [5.41, 5.74) is 1.89. The molecule has 0 aliphatic rings. The van der Waals surface area contributed by atoms with E-state index in [1.165, 1.54) is 6.33 Å². The van der Waals surface area contributed by atoms with Crippen molar-refractivity contribution in [2.75, 3.05) is 5.32 Å². The molecule has 76 valence electrons. The predicted octanol–water partition coefficient (Wildman–Crippen LogP) is 2.69. The topological polar surface area (TPSA) is 50.7 Å². The Hall–Kier alpha value is -1.49. The molecule has 2 heterocycles. The molecule has 0 spiro atoms. The van der Waals surface area contributed by atoms with Crippen LogP contribution in [0.15, 0.2) is 35.5 Å². The van der Waals surface area contributed by atoms with Crippen molar-refractivity contribution in [1.29, 1.82) is 0 Å². The maximum absolute atomic E-state index is 4.26. The Bertz CT molecular complexity index is 458. The molecule has 0 amide bonds. The molecule has 0 radical (unpaired) electrons. The van der Waals surface area contributed by atoms with E-state index in [1.807, 2.05) is 13.0 Å². The van der Waals surface area contributed by atoms with Crippen molar-refractivity contribution in [1.82, 2.24) is 15.0 Å². The molecule has 0 saturated heterocycles. The number of nitrogens with one attached hydrogen (secondary N) is 1. The van der Waals surface area contributed by atoms with Crippen molar-refractivity contribution in [2.24, 2.45) is 0 Å². The summed E-state index contributed by atoms with van der Waals surface area (Å²) in [5, 5.41) is 3.14.